The van der Waals surface area contributed by atoms with E-state index in [-0.39, 0.29) is 5.91 Å². The molecule has 1 aliphatic heterocycles. The Balaban J connectivity index is 1.97. The molecule has 0 radical (unpaired) electrons. The van der Waals surface area contributed by atoms with Crippen LogP contribution in [-0.4, -0.2) is 23.2 Å². The van der Waals surface area contributed by atoms with Gasteiger partial charge in [0.2, 0.25) is 0 Å². The Morgan fingerprint density at radius 1 is 1.25 bits per heavy atom. The smallest absolute Gasteiger partial charge is 0.259 e. The van der Waals surface area contributed by atoms with Crippen molar-refractivity contribution in [3.8, 4) is 0 Å². The van der Waals surface area contributed by atoms with Crippen LogP contribution in [0.15, 0.2) is 47.5 Å². The first-order valence-corrected chi connectivity index (χ1v) is 7.77. The number of hydrogen-bond acceptors (Lipinski definition) is 3. The molecule has 0 aliphatic carbocycles. The summed E-state index contributed by atoms with van der Waals surface area (Å²) in [4.78, 5) is 19.6. The molecule has 0 unspecified atom stereocenters. The predicted molar refractivity (Wildman–Crippen MR) is 82.7 cm³/mol. The van der Waals surface area contributed by atoms with E-state index in [1.807, 2.05) is 23.1 Å². The molecular formula is C15H13ClN2OS. The number of rotatable bonds is 1. The lowest BCUT2D eigenvalue weighted by Crippen LogP contribution is -2.31. The van der Waals surface area contributed by atoms with Crippen LogP contribution in [0.1, 0.15) is 16.8 Å². The summed E-state index contributed by atoms with van der Waals surface area (Å²) in [6.07, 6.45) is 2.51. The van der Waals surface area contributed by atoms with Gasteiger partial charge in [0, 0.05) is 17.6 Å². The summed E-state index contributed by atoms with van der Waals surface area (Å²) in [6.45, 7) is 0.728. The Kier molecular flexibility index (Phi) is 3.94. The van der Waals surface area contributed by atoms with E-state index < -0.39 is 0 Å². The summed E-state index contributed by atoms with van der Waals surface area (Å²) in [7, 11) is 0. The molecule has 0 bridgehead atoms. The van der Waals surface area contributed by atoms with Crippen molar-refractivity contribution in [3.63, 3.8) is 0 Å². The highest BCUT2D eigenvalue weighted by molar-refractivity contribution is 7.99. The normalized spacial score (nSPS) is 14.6. The zero-order chi connectivity index (χ0) is 13.9. The van der Waals surface area contributed by atoms with Gasteiger partial charge >= 0.3 is 0 Å². The highest BCUT2D eigenvalue weighted by atomic mass is 35.5. The molecular weight excluding hydrogens is 292 g/mol. The van der Waals surface area contributed by atoms with Gasteiger partial charge < -0.3 is 4.90 Å². The number of para-hydroxylation sites is 1. The largest absolute Gasteiger partial charge is 0.307 e. The molecule has 102 valence electrons. The average molecular weight is 305 g/mol. The number of benzene rings is 1. The van der Waals surface area contributed by atoms with Gasteiger partial charge in [-0.1, -0.05) is 23.7 Å². The number of fused-ring (bicyclic) bond motifs is 1. The SMILES string of the molecule is O=C(c1ccc(Cl)nc1)N1CCCSc2ccccc21. The maximum absolute atomic E-state index is 12.7. The lowest BCUT2D eigenvalue weighted by molar-refractivity contribution is 0.0986. The molecule has 1 aromatic heterocycles. The van der Waals surface area contributed by atoms with Crippen LogP contribution < -0.4 is 4.90 Å². The monoisotopic (exact) mass is 304 g/mol. The molecule has 5 heteroatoms. The van der Waals surface area contributed by atoms with E-state index in [2.05, 4.69) is 11.1 Å². The van der Waals surface area contributed by atoms with Crippen molar-refractivity contribution >= 4 is 35.0 Å². The van der Waals surface area contributed by atoms with E-state index in [0.29, 0.717) is 10.7 Å². The van der Waals surface area contributed by atoms with Crippen molar-refractivity contribution in [1.82, 2.24) is 4.98 Å². The molecule has 20 heavy (non-hydrogen) atoms. The van der Waals surface area contributed by atoms with Gasteiger partial charge in [0.25, 0.3) is 5.91 Å². The van der Waals surface area contributed by atoms with Crippen LogP contribution in [0.5, 0.6) is 0 Å². The van der Waals surface area contributed by atoms with Crippen LogP contribution in [0.25, 0.3) is 0 Å². The average Bonchev–Trinajstić information content (AvgIpc) is 2.69. The zero-order valence-electron chi connectivity index (χ0n) is 10.8. The summed E-state index contributed by atoms with van der Waals surface area (Å²) in [5.74, 6) is 1.00. The number of carbonyl (C=O) groups excluding carboxylic acids is 1. The van der Waals surface area contributed by atoms with Crippen molar-refractivity contribution in [2.45, 2.75) is 11.3 Å². The number of amides is 1. The third kappa shape index (κ3) is 2.67. The standard InChI is InChI=1S/C15H13ClN2OS/c16-14-7-6-11(10-17-14)15(19)18-8-3-9-20-13-5-2-1-4-12(13)18/h1-2,4-7,10H,3,8-9H2. The molecule has 1 aromatic carbocycles. The summed E-state index contributed by atoms with van der Waals surface area (Å²) >= 11 is 7.57. The second-order valence-corrected chi connectivity index (χ2v) is 6.02. The molecule has 3 rings (SSSR count). The lowest BCUT2D eigenvalue weighted by Gasteiger charge is -2.22. The van der Waals surface area contributed by atoms with Crippen LogP contribution in [0.3, 0.4) is 0 Å². The first kappa shape index (κ1) is 13.5. The van der Waals surface area contributed by atoms with Crippen molar-refractivity contribution in [2.24, 2.45) is 0 Å². The minimum Gasteiger partial charge on any atom is -0.307 e. The fraction of sp³-hybridized carbons (Fsp3) is 0.200. The van der Waals surface area contributed by atoms with E-state index in [9.17, 15) is 4.79 Å². The van der Waals surface area contributed by atoms with Crippen LogP contribution in [-0.2, 0) is 0 Å². The molecule has 0 saturated carbocycles. The summed E-state index contributed by atoms with van der Waals surface area (Å²) in [6, 6.07) is 11.4. The topological polar surface area (TPSA) is 33.2 Å². The van der Waals surface area contributed by atoms with E-state index in [0.717, 1.165) is 29.3 Å². The van der Waals surface area contributed by atoms with Crippen LogP contribution in [0, 0.1) is 0 Å². The third-order valence-corrected chi connectivity index (χ3v) is 4.53. The molecule has 0 atom stereocenters. The fourth-order valence-electron chi connectivity index (χ4n) is 2.20. The van der Waals surface area contributed by atoms with Gasteiger partial charge in [0.1, 0.15) is 5.15 Å². The van der Waals surface area contributed by atoms with E-state index in [1.165, 1.54) is 6.20 Å². The fourth-order valence-corrected chi connectivity index (χ4v) is 3.30. The van der Waals surface area contributed by atoms with E-state index in [1.54, 1.807) is 23.9 Å². The molecule has 1 amide bonds. The Labute approximate surface area is 127 Å². The Morgan fingerprint density at radius 3 is 2.90 bits per heavy atom. The summed E-state index contributed by atoms with van der Waals surface area (Å²) < 4.78 is 0. The Hall–Kier alpha value is -1.52. The second kappa shape index (κ2) is 5.85. The third-order valence-electron chi connectivity index (χ3n) is 3.16. The summed E-state index contributed by atoms with van der Waals surface area (Å²) in [5.41, 5.74) is 1.55. The van der Waals surface area contributed by atoms with Crippen molar-refractivity contribution < 1.29 is 4.79 Å². The van der Waals surface area contributed by atoms with E-state index >= 15 is 0 Å². The van der Waals surface area contributed by atoms with E-state index in [4.69, 9.17) is 11.6 Å². The van der Waals surface area contributed by atoms with Crippen LogP contribution >= 0.6 is 23.4 Å². The minimum absolute atomic E-state index is 0.0240. The van der Waals surface area contributed by atoms with Crippen LogP contribution in [0.4, 0.5) is 5.69 Å². The predicted octanol–water partition coefficient (Wildman–Crippen LogP) is 3.88. The molecule has 0 fully saturated rings. The van der Waals surface area contributed by atoms with Crippen LogP contribution in [0.2, 0.25) is 5.15 Å². The number of aromatic nitrogens is 1. The Morgan fingerprint density at radius 2 is 2.10 bits per heavy atom. The van der Waals surface area contributed by atoms with Crippen molar-refractivity contribution in [1.29, 1.82) is 0 Å². The van der Waals surface area contributed by atoms with Gasteiger partial charge in [-0.05, 0) is 36.4 Å². The maximum Gasteiger partial charge on any atom is 0.259 e. The lowest BCUT2D eigenvalue weighted by atomic mass is 10.2. The molecule has 0 spiro atoms. The molecule has 2 heterocycles. The van der Waals surface area contributed by atoms with Gasteiger partial charge in [-0.25, -0.2) is 4.98 Å². The Bertz CT molecular complexity index is 630. The first-order chi connectivity index (χ1) is 9.75. The van der Waals surface area contributed by atoms with Gasteiger partial charge in [0.05, 0.1) is 11.3 Å². The molecule has 0 N–H and O–H groups in total. The highest BCUT2D eigenvalue weighted by Crippen LogP contribution is 2.34. The number of thioether (sulfide) groups is 1. The first-order valence-electron chi connectivity index (χ1n) is 6.41. The highest BCUT2D eigenvalue weighted by Gasteiger charge is 2.22. The zero-order valence-corrected chi connectivity index (χ0v) is 12.3. The molecule has 0 saturated heterocycles. The van der Waals surface area contributed by atoms with Crippen molar-refractivity contribution in [3.05, 3.63) is 53.3 Å². The maximum atomic E-state index is 12.7. The van der Waals surface area contributed by atoms with Gasteiger partial charge in [0.15, 0.2) is 0 Å². The number of anilines is 1. The number of hydrogen-bond donors (Lipinski definition) is 0. The van der Waals surface area contributed by atoms with Crippen molar-refractivity contribution in [2.75, 3.05) is 17.2 Å². The number of nitrogens with zero attached hydrogens (tertiary/aromatic N) is 2. The molecule has 1 aliphatic rings. The molecule has 2 aromatic rings. The minimum atomic E-state index is -0.0240. The summed E-state index contributed by atoms with van der Waals surface area (Å²) in [5, 5.41) is 0.397. The number of carbonyl (C=O) groups is 1. The number of pyridine rings is 1. The molecule has 3 nitrogen and oxygen atoms in total. The van der Waals surface area contributed by atoms with Gasteiger partial charge in [-0.15, -0.1) is 11.8 Å². The quantitative estimate of drug-likeness (QED) is 0.750. The number of halogens is 1. The van der Waals surface area contributed by atoms with Gasteiger partial charge in [-0.3, -0.25) is 4.79 Å². The second-order valence-electron chi connectivity index (χ2n) is 4.50. The van der Waals surface area contributed by atoms with Gasteiger partial charge in [-0.2, -0.15) is 0 Å².